The van der Waals surface area contributed by atoms with Gasteiger partial charge in [-0.3, -0.25) is 4.79 Å². The van der Waals surface area contributed by atoms with Crippen LogP contribution in [0.15, 0.2) is 23.3 Å². The van der Waals surface area contributed by atoms with Gasteiger partial charge in [0.2, 0.25) is 5.91 Å². The second-order valence-corrected chi connectivity index (χ2v) is 6.03. The topological polar surface area (TPSA) is 51.2 Å². The number of carbonyl (C=O) groups excluding carboxylic acids is 1. The summed E-state index contributed by atoms with van der Waals surface area (Å²) in [4.78, 5) is 16.2. The molecule has 4 nitrogen and oxygen atoms in total. The van der Waals surface area contributed by atoms with E-state index >= 15 is 0 Å². The van der Waals surface area contributed by atoms with Gasteiger partial charge >= 0.3 is 0 Å². The van der Waals surface area contributed by atoms with Gasteiger partial charge in [0.15, 0.2) is 0 Å². The number of pyridine rings is 1. The predicted molar refractivity (Wildman–Crippen MR) is 80.7 cm³/mol. The van der Waals surface area contributed by atoms with Crippen molar-refractivity contribution in [1.82, 2.24) is 4.98 Å². The first-order valence-electron chi connectivity index (χ1n) is 6.04. The van der Waals surface area contributed by atoms with Gasteiger partial charge in [-0.05, 0) is 28.9 Å². The zero-order chi connectivity index (χ0) is 14.6. The number of nitrogens with one attached hydrogen (secondary N) is 1. The highest BCUT2D eigenvalue weighted by Gasteiger charge is 2.23. The molecule has 19 heavy (non-hydrogen) atoms. The van der Waals surface area contributed by atoms with E-state index in [2.05, 4.69) is 32.8 Å². The van der Waals surface area contributed by atoms with Gasteiger partial charge in [-0.2, -0.15) is 0 Å². The first kappa shape index (κ1) is 15.7. The highest BCUT2D eigenvalue weighted by atomic mass is 79.9. The number of rotatable bonds is 4. The molecule has 1 aromatic heterocycles. The molecule has 0 spiro atoms. The molecule has 104 valence electrons. The summed E-state index contributed by atoms with van der Waals surface area (Å²) in [6.07, 6.45) is 1.63. The molecule has 0 saturated heterocycles. The van der Waals surface area contributed by atoms with Crippen molar-refractivity contribution in [3.05, 3.63) is 28.9 Å². The fourth-order valence-electron chi connectivity index (χ4n) is 1.30. The molecule has 0 bridgehead atoms. The molecule has 0 aromatic carbocycles. The maximum atomic E-state index is 12.0. The lowest BCUT2D eigenvalue weighted by Gasteiger charge is -2.19. The molecule has 0 saturated carbocycles. The zero-order valence-electron chi connectivity index (χ0n) is 11.7. The van der Waals surface area contributed by atoms with E-state index in [-0.39, 0.29) is 5.91 Å². The fourth-order valence-corrected chi connectivity index (χ4v) is 1.63. The highest BCUT2D eigenvalue weighted by molar-refractivity contribution is 9.10. The van der Waals surface area contributed by atoms with Crippen LogP contribution in [0.4, 0.5) is 5.82 Å². The molecule has 1 aromatic rings. The molecule has 1 rings (SSSR count). The molecule has 0 unspecified atom stereocenters. The Morgan fingerprint density at radius 3 is 2.68 bits per heavy atom. The van der Waals surface area contributed by atoms with Crippen molar-refractivity contribution in [1.29, 1.82) is 0 Å². The summed E-state index contributed by atoms with van der Waals surface area (Å²) >= 11 is 3.35. The van der Waals surface area contributed by atoms with Crippen LogP contribution in [0, 0.1) is 5.41 Å². The number of hydrogen-bond donors (Lipinski definition) is 1. The van der Waals surface area contributed by atoms with Crippen molar-refractivity contribution >= 4 is 33.4 Å². The third-order valence-electron chi connectivity index (χ3n) is 2.39. The number of nitrogens with zero attached hydrogens (tertiary/aromatic N) is 1. The van der Waals surface area contributed by atoms with Crippen LogP contribution in [-0.2, 0) is 9.53 Å². The third kappa shape index (κ3) is 4.35. The molecule has 0 aliphatic carbocycles. The zero-order valence-corrected chi connectivity index (χ0v) is 13.3. The normalized spacial score (nSPS) is 11.0. The Morgan fingerprint density at radius 2 is 2.16 bits per heavy atom. The van der Waals surface area contributed by atoms with E-state index in [1.807, 2.05) is 33.8 Å². The van der Waals surface area contributed by atoms with E-state index in [0.717, 1.165) is 4.47 Å². The Balaban J connectivity index is 3.07. The highest BCUT2D eigenvalue weighted by Crippen LogP contribution is 2.26. The molecule has 1 amide bonds. The number of carbonyl (C=O) groups is 1. The Bertz CT molecular complexity index is 493. The lowest BCUT2D eigenvalue weighted by molar-refractivity contribution is -0.123. The lowest BCUT2D eigenvalue weighted by Crippen LogP contribution is -2.28. The van der Waals surface area contributed by atoms with Crippen LogP contribution in [0.1, 0.15) is 33.3 Å². The summed E-state index contributed by atoms with van der Waals surface area (Å²) in [6.45, 7) is 11.8. The van der Waals surface area contributed by atoms with Gasteiger partial charge in [-0.15, -0.1) is 0 Å². The number of aromatic nitrogens is 1. The number of hydrogen-bond acceptors (Lipinski definition) is 3. The molecule has 0 aliphatic heterocycles. The van der Waals surface area contributed by atoms with Crippen LogP contribution in [-0.4, -0.2) is 17.5 Å². The number of ether oxygens (including phenoxy) is 1. The average molecular weight is 327 g/mol. The standard InChI is InChI=1S/C14H19BrN2O2/c1-6-19-9(2)11-7-10(15)8-16-12(11)17-13(18)14(3,4)5/h7-8H,2,6H2,1,3-5H3,(H,16,17,18). The SMILES string of the molecule is C=C(OCC)c1cc(Br)cnc1NC(=O)C(C)(C)C. The summed E-state index contributed by atoms with van der Waals surface area (Å²) in [5.41, 5.74) is 0.188. The minimum Gasteiger partial charge on any atom is -0.494 e. The monoisotopic (exact) mass is 326 g/mol. The number of anilines is 1. The largest absolute Gasteiger partial charge is 0.494 e. The molecule has 0 aliphatic rings. The minimum atomic E-state index is -0.487. The summed E-state index contributed by atoms with van der Waals surface area (Å²) < 4.78 is 6.19. The van der Waals surface area contributed by atoms with Gasteiger partial charge < -0.3 is 10.1 Å². The average Bonchev–Trinajstić information content (AvgIpc) is 2.30. The van der Waals surface area contributed by atoms with Gasteiger partial charge in [0.05, 0.1) is 12.2 Å². The van der Waals surface area contributed by atoms with Crippen LogP contribution in [0.5, 0.6) is 0 Å². The smallest absolute Gasteiger partial charge is 0.230 e. The maximum absolute atomic E-state index is 12.0. The van der Waals surface area contributed by atoms with E-state index in [9.17, 15) is 4.79 Å². The van der Waals surface area contributed by atoms with Gasteiger partial charge in [-0.25, -0.2) is 4.98 Å². The number of halogens is 1. The van der Waals surface area contributed by atoms with Crippen molar-refractivity contribution in [2.24, 2.45) is 5.41 Å². The lowest BCUT2D eigenvalue weighted by atomic mass is 9.95. The summed E-state index contributed by atoms with van der Waals surface area (Å²) in [5.74, 6) is 0.843. The van der Waals surface area contributed by atoms with Crippen LogP contribution in [0.25, 0.3) is 5.76 Å². The van der Waals surface area contributed by atoms with E-state index in [4.69, 9.17) is 4.74 Å². The summed E-state index contributed by atoms with van der Waals surface area (Å²) in [7, 11) is 0. The Labute approximate surface area is 122 Å². The van der Waals surface area contributed by atoms with E-state index in [1.54, 1.807) is 6.20 Å². The van der Waals surface area contributed by atoms with E-state index < -0.39 is 5.41 Å². The number of amides is 1. The molecule has 0 fully saturated rings. The summed E-state index contributed by atoms with van der Waals surface area (Å²) in [6, 6.07) is 1.82. The van der Waals surface area contributed by atoms with Crippen molar-refractivity contribution in [2.75, 3.05) is 11.9 Å². The van der Waals surface area contributed by atoms with Crippen LogP contribution in [0.2, 0.25) is 0 Å². The first-order chi connectivity index (χ1) is 8.75. The Hall–Kier alpha value is -1.36. The predicted octanol–water partition coefficient (Wildman–Crippen LogP) is 3.84. The van der Waals surface area contributed by atoms with Gasteiger partial charge in [0.1, 0.15) is 11.6 Å². The van der Waals surface area contributed by atoms with Crippen LogP contribution < -0.4 is 5.32 Å². The molecule has 1 heterocycles. The van der Waals surface area contributed by atoms with E-state index in [0.29, 0.717) is 23.7 Å². The van der Waals surface area contributed by atoms with Crippen LogP contribution in [0.3, 0.4) is 0 Å². The van der Waals surface area contributed by atoms with Crippen molar-refractivity contribution in [3.8, 4) is 0 Å². The molecule has 1 N–H and O–H groups in total. The van der Waals surface area contributed by atoms with Gasteiger partial charge in [-0.1, -0.05) is 27.4 Å². The summed E-state index contributed by atoms with van der Waals surface area (Å²) in [5, 5.41) is 2.81. The second-order valence-electron chi connectivity index (χ2n) is 5.11. The van der Waals surface area contributed by atoms with E-state index in [1.165, 1.54) is 0 Å². The van der Waals surface area contributed by atoms with Gasteiger partial charge in [0, 0.05) is 16.1 Å². The van der Waals surface area contributed by atoms with Crippen molar-refractivity contribution < 1.29 is 9.53 Å². The van der Waals surface area contributed by atoms with Crippen molar-refractivity contribution in [2.45, 2.75) is 27.7 Å². The first-order valence-corrected chi connectivity index (χ1v) is 6.84. The molecular weight excluding hydrogens is 308 g/mol. The molecular formula is C14H19BrN2O2. The third-order valence-corrected chi connectivity index (χ3v) is 2.82. The van der Waals surface area contributed by atoms with Crippen LogP contribution >= 0.6 is 15.9 Å². The fraction of sp³-hybridized carbons (Fsp3) is 0.429. The van der Waals surface area contributed by atoms with Gasteiger partial charge in [0.25, 0.3) is 0 Å². The maximum Gasteiger partial charge on any atom is 0.230 e. The van der Waals surface area contributed by atoms with Crippen molar-refractivity contribution in [3.63, 3.8) is 0 Å². The quantitative estimate of drug-likeness (QED) is 0.855. The molecule has 0 atom stereocenters. The Kier molecular flexibility index (Phi) is 5.11. The minimum absolute atomic E-state index is 0.104. The molecule has 5 heteroatoms. The Morgan fingerprint density at radius 1 is 1.53 bits per heavy atom. The second kappa shape index (κ2) is 6.19. The molecule has 0 radical (unpaired) electrons.